The summed E-state index contributed by atoms with van der Waals surface area (Å²) >= 11 is 0. The summed E-state index contributed by atoms with van der Waals surface area (Å²) in [6.07, 6.45) is 22.2. The minimum absolute atomic E-state index is 0.361. The number of nitrogens with zero attached hydrogens (tertiary/aromatic N) is 1. The zero-order valence-electron chi connectivity index (χ0n) is 25.5. The van der Waals surface area contributed by atoms with Crippen LogP contribution in [0.3, 0.4) is 0 Å². The maximum absolute atomic E-state index is 12.6. The number of aromatic nitrogens is 1. The normalized spacial score (nSPS) is 11.0. The van der Waals surface area contributed by atoms with E-state index in [2.05, 4.69) is 18.8 Å². The smallest absolute Gasteiger partial charge is 0.343 e. The van der Waals surface area contributed by atoms with E-state index in [9.17, 15) is 4.79 Å². The Morgan fingerprint density at radius 2 is 1.17 bits per heavy atom. The second-order valence-electron chi connectivity index (χ2n) is 11.2. The summed E-state index contributed by atoms with van der Waals surface area (Å²) in [5, 5.41) is 0. The molecule has 0 unspecified atom stereocenters. The van der Waals surface area contributed by atoms with E-state index in [1.54, 1.807) is 12.3 Å². The maximum Gasteiger partial charge on any atom is 0.343 e. The number of carbonyl (C=O) groups is 1. The number of benzene rings is 2. The molecular formula is C37H51NO3. The largest absolute Gasteiger partial charge is 0.494 e. The van der Waals surface area contributed by atoms with Crippen LogP contribution in [0.25, 0.3) is 11.3 Å². The first kappa shape index (κ1) is 32.4. The Kier molecular flexibility index (Phi) is 15.7. The summed E-state index contributed by atoms with van der Waals surface area (Å²) in [6, 6.07) is 19.5. The zero-order valence-corrected chi connectivity index (χ0v) is 25.5. The molecule has 0 fully saturated rings. The Morgan fingerprint density at radius 3 is 1.76 bits per heavy atom. The van der Waals surface area contributed by atoms with Crippen molar-refractivity contribution in [3.8, 4) is 22.8 Å². The fraction of sp³-hybridized carbons (Fsp3) is 0.514. The van der Waals surface area contributed by atoms with Crippen LogP contribution in [0, 0.1) is 0 Å². The number of aryl methyl sites for hydroxylation is 1. The molecule has 0 aliphatic carbocycles. The second kappa shape index (κ2) is 19.9. The van der Waals surface area contributed by atoms with Crippen molar-refractivity contribution in [1.29, 1.82) is 0 Å². The van der Waals surface area contributed by atoms with Crippen molar-refractivity contribution in [3.05, 3.63) is 78.0 Å². The molecule has 0 saturated carbocycles. The molecule has 0 radical (unpaired) electrons. The van der Waals surface area contributed by atoms with Gasteiger partial charge in [0, 0.05) is 5.56 Å². The van der Waals surface area contributed by atoms with Crippen LogP contribution < -0.4 is 9.47 Å². The van der Waals surface area contributed by atoms with Crippen molar-refractivity contribution in [2.24, 2.45) is 0 Å². The Bertz CT molecular complexity index is 1090. The average molecular weight is 558 g/mol. The molecule has 4 heteroatoms. The van der Waals surface area contributed by atoms with Crippen molar-refractivity contribution >= 4 is 5.97 Å². The summed E-state index contributed by atoms with van der Waals surface area (Å²) in [4.78, 5) is 17.1. The first-order valence-corrected chi connectivity index (χ1v) is 16.2. The van der Waals surface area contributed by atoms with Gasteiger partial charge in [-0.15, -0.1) is 0 Å². The fourth-order valence-corrected chi connectivity index (χ4v) is 5.02. The van der Waals surface area contributed by atoms with E-state index in [0.29, 0.717) is 11.3 Å². The van der Waals surface area contributed by atoms with Gasteiger partial charge >= 0.3 is 5.97 Å². The molecule has 3 rings (SSSR count). The van der Waals surface area contributed by atoms with E-state index in [-0.39, 0.29) is 5.97 Å². The van der Waals surface area contributed by atoms with Crippen LogP contribution in [0.15, 0.2) is 66.9 Å². The first-order chi connectivity index (χ1) is 20.2. The van der Waals surface area contributed by atoms with Crippen molar-refractivity contribution in [1.82, 2.24) is 4.98 Å². The number of hydrogen-bond acceptors (Lipinski definition) is 4. The number of esters is 1. The van der Waals surface area contributed by atoms with Crippen LogP contribution in [-0.2, 0) is 6.42 Å². The lowest BCUT2D eigenvalue weighted by atomic mass is 10.0. The minimum atomic E-state index is -0.361. The topological polar surface area (TPSA) is 48.4 Å². The number of hydrogen-bond donors (Lipinski definition) is 0. The molecule has 0 bridgehead atoms. The van der Waals surface area contributed by atoms with Gasteiger partial charge in [-0.1, -0.05) is 109 Å². The molecule has 1 aromatic heterocycles. The summed E-state index contributed by atoms with van der Waals surface area (Å²) < 4.78 is 11.5. The lowest BCUT2D eigenvalue weighted by Crippen LogP contribution is -2.08. The van der Waals surface area contributed by atoms with Crippen molar-refractivity contribution in [3.63, 3.8) is 0 Å². The molecule has 0 N–H and O–H groups in total. The van der Waals surface area contributed by atoms with Crippen LogP contribution in [0.2, 0.25) is 0 Å². The van der Waals surface area contributed by atoms with Gasteiger partial charge in [0.2, 0.25) is 0 Å². The molecule has 0 spiro atoms. The SMILES string of the molecule is CCCCCCCCCCOc1ccc(-c2ccc(OC(=O)c3ccc(CCCCCCCCC)cc3)cn2)cc1. The Balaban J connectivity index is 1.35. The molecule has 4 nitrogen and oxygen atoms in total. The van der Waals surface area contributed by atoms with Gasteiger partial charge in [0.05, 0.1) is 24.1 Å². The summed E-state index contributed by atoms with van der Waals surface area (Å²) in [6.45, 7) is 5.27. The van der Waals surface area contributed by atoms with E-state index in [1.807, 2.05) is 54.6 Å². The fourth-order valence-electron chi connectivity index (χ4n) is 5.02. The minimum Gasteiger partial charge on any atom is -0.494 e. The molecule has 3 aromatic rings. The Labute approximate surface area is 248 Å². The molecule has 0 aliphatic heterocycles. The van der Waals surface area contributed by atoms with E-state index >= 15 is 0 Å². The molecule has 0 aliphatic rings. The number of carbonyl (C=O) groups excluding carboxylic acids is 1. The van der Waals surface area contributed by atoms with E-state index in [4.69, 9.17) is 9.47 Å². The highest BCUT2D eigenvalue weighted by Gasteiger charge is 2.10. The van der Waals surface area contributed by atoms with Gasteiger partial charge in [0.15, 0.2) is 0 Å². The van der Waals surface area contributed by atoms with E-state index < -0.39 is 0 Å². The zero-order chi connectivity index (χ0) is 29.0. The van der Waals surface area contributed by atoms with E-state index in [0.717, 1.165) is 36.5 Å². The van der Waals surface area contributed by atoms with Crippen LogP contribution in [-0.4, -0.2) is 17.6 Å². The highest BCUT2D eigenvalue weighted by atomic mass is 16.5. The Hall–Kier alpha value is -3.14. The van der Waals surface area contributed by atoms with Crippen molar-refractivity contribution in [2.45, 2.75) is 117 Å². The van der Waals surface area contributed by atoms with Crippen LogP contribution in [0.5, 0.6) is 11.5 Å². The predicted molar refractivity (Wildman–Crippen MR) is 171 cm³/mol. The second-order valence-corrected chi connectivity index (χ2v) is 11.2. The van der Waals surface area contributed by atoms with Crippen molar-refractivity contribution in [2.75, 3.05) is 6.61 Å². The molecule has 41 heavy (non-hydrogen) atoms. The van der Waals surface area contributed by atoms with Crippen LogP contribution in [0.1, 0.15) is 126 Å². The number of ether oxygens (including phenoxy) is 2. The number of rotatable bonds is 21. The summed E-state index contributed by atoms with van der Waals surface area (Å²) in [7, 11) is 0. The first-order valence-electron chi connectivity index (χ1n) is 16.2. The third kappa shape index (κ3) is 12.9. The van der Waals surface area contributed by atoms with Gasteiger partial charge in [-0.05, 0) is 73.4 Å². The van der Waals surface area contributed by atoms with Crippen molar-refractivity contribution < 1.29 is 14.3 Å². The summed E-state index contributed by atoms with van der Waals surface area (Å²) in [5.74, 6) is 0.965. The van der Waals surface area contributed by atoms with Crippen LogP contribution in [0.4, 0.5) is 0 Å². The lowest BCUT2D eigenvalue weighted by molar-refractivity contribution is 0.0734. The average Bonchev–Trinajstić information content (AvgIpc) is 3.01. The molecule has 222 valence electrons. The number of unbranched alkanes of at least 4 members (excludes halogenated alkanes) is 13. The predicted octanol–water partition coefficient (Wildman–Crippen LogP) is 10.8. The maximum atomic E-state index is 12.6. The molecule has 2 aromatic carbocycles. The lowest BCUT2D eigenvalue weighted by Gasteiger charge is -2.08. The van der Waals surface area contributed by atoms with Gasteiger partial charge in [-0.25, -0.2) is 4.79 Å². The molecule has 0 atom stereocenters. The number of pyridine rings is 1. The third-order valence-corrected chi connectivity index (χ3v) is 7.62. The van der Waals surface area contributed by atoms with Gasteiger partial charge < -0.3 is 9.47 Å². The highest BCUT2D eigenvalue weighted by Crippen LogP contribution is 2.23. The van der Waals surface area contributed by atoms with Gasteiger partial charge in [0.1, 0.15) is 11.5 Å². The quantitative estimate of drug-likeness (QED) is 0.0965. The van der Waals surface area contributed by atoms with E-state index in [1.165, 1.54) is 95.5 Å². The molecule has 0 saturated heterocycles. The summed E-state index contributed by atoms with van der Waals surface area (Å²) in [5.41, 5.74) is 3.65. The Morgan fingerprint density at radius 1 is 0.610 bits per heavy atom. The van der Waals surface area contributed by atoms with Gasteiger partial charge in [0.25, 0.3) is 0 Å². The van der Waals surface area contributed by atoms with Gasteiger partial charge in [-0.2, -0.15) is 0 Å². The molecule has 0 amide bonds. The standard InChI is InChI=1S/C37H51NO3/c1-3-5-7-9-11-13-15-17-29-40-34-25-23-32(24-26-34)36-28-27-35(30-38-36)41-37(39)33-21-19-31(20-22-33)18-16-14-12-10-8-6-4-2/h19-28,30H,3-18,29H2,1-2H3. The third-order valence-electron chi connectivity index (χ3n) is 7.62. The highest BCUT2D eigenvalue weighted by molar-refractivity contribution is 5.91. The van der Waals surface area contributed by atoms with Gasteiger partial charge in [-0.3, -0.25) is 4.98 Å². The van der Waals surface area contributed by atoms with Crippen LogP contribution >= 0.6 is 0 Å². The molecular weight excluding hydrogens is 506 g/mol. The molecule has 1 heterocycles. The monoisotopic (exact) mass is 557 g/mol.